The van der Waals surface area contributed by atoms with Crippen LogP contribution in [-0.2, 0) is 0 Å². The number of hydrogen-bond donors (Lipinski definition) is 1. The van der Waals surface area contributed by atoms with Crippen molar-refractivity contribution < 1.29 is 14.1 Å². The molecule has 0 saturated heterocycles. The van der Waals surface area contributed by atoms with Crippen molar-refractivity contribution in [1.29, 1.82) is 0 Å². The number of aromatic nitrogens is 3. The van der Waals surface area contributed by atoms with Gasteiger partial charge in [0.1, 0.15) is 11.5 Å². The molecule has 1 N–H and O–H groups in total. The second-order valence-corrected chi connectivity index (χ2v) is 7.96. The highest BCUT2D eigenvalue weighted by atomic mass is 16.6. The summed E-state index contributed by atoms with van der Waals surface area (Å²) in [5.41, 5.74) is 3.05. The van der Waals surface area contributed by atoms with Gasteiger partial charge in [-0.2, -0.15) is 5.10 Å². The van der Waals surface area contributed by atoms with Gasteiger partial charge in [0.2, 0.25) is 0 Å². The quantitative estimate of drug-likeness (QED) is 0.335. The molecule has 9 heteroatoms. The Morgan fingerprint density at radius 2 is 1.97 bits per heavy atom. The maximum Gasteiger partial charge on any atom is 0.274 e. The molecule has 0 unspecified atom stereocenters. The van der Waals surface area contributed by atoms with Gasteiger partial charge in [-0.3, -0.25) is 14.9 Å². The molecule has 32 heavy (non-hydrogen) atoms. The lowest BCUT2D eigenvalue weighted by molar-refractivity contribution is -0.385. The molecule has 0 spiro atoms. The average molecular weight is 433 g/mol. The lowest BCUT2D eigenvalue weighted by atomic mass is 10.1. The third-order valence-corrected chi connectivity index (χ3v) is 5.37. The number of nitro groups is 1. The third kappa shape index (κ3) is 3.62. The maximum absolute atomic E-state index is 13.3. The lowest BCUT2D eigenvalue weighted by Gasteiger charge is -2.12. The standard InChI is InChI=1S/C23H23N5O4/c1-12(2)27-22-18(11-24-27)17(10-20(25-22)16-9-13(3)32-15(16)5)23(29)26-19-7-6-8-21(14(19)4)28(30)31/h6-12H,1-5H3,(H,26,29). The van der Waals surface area contributed by atoms with Crippen LogP contribution in [0.1, 0.15) is 47.3 Å². The van der Waals surface area contributed by atoms with Gasteiger partial charge in [-0.1, -0.05) is 6.07 Å². The lowest BCUT2D eigenvalue weighted by Crippen LogP contribution is -2.14. The van der Waals surface area contributed by atoms with E-state index in [1.807, 2.05) is 33.8 Å². The second kappa shape index (κ2) is 7.92. The van der Waals surface area contributed by atoms with Crippen molar-refractivity contribution in [3.63, 3.8) is 0 Å². The van der Waals surface area contributed by atoms with Crippen molar-refractivity contribution in [2.45, 2.75) is 40.7 Å². The predicted octanol–water partition coefficient (Wildman–Crippen LogP) is 5.36. The number of carbonyl (C=O) groups excluding carboxylic acids is 1. The highest BCUT2D eigenvalue weighted by molar-refractivity contribution is 6.13. The zero-order valence-corrected chi connectivity index (χ0v) is 18.5. The normalized spacial score (nSPS) is 11.3. The summed E-state index contributed by atoms with van der Waals surface area (Å²) >= 11 is 0. The molecule has 3 aromatic heterocycles. The number of aryl methyl sites for hydroxylation is 2. The van der Waals surface area contributed by atoms with Crippen LogP contribution in [0.4, 0.5) is 11.4 Å². The molecule has 4 rings (SSSR count). The van der Waals surface area contributed by atoms with Crippen molar-refractivity contribution in [2.24, 2.45) is 0 Å². The van der Waals surface area contributed by atoms with Gasteiger partial charge in [0.15, 0.2) is 5.65 Å². The van der Waals surface area contributed by atoms with Crippen LogP contribution in [0.2, 0.25) is 0 Å². The molecule has 0 radical (unpaired) electrons. The summed E-state index contributed by atoms with van der Waals surface area (Å²) in [5, 5.41) is 19.1. The molecule has 164 valence electrons. The molecule has 9 nitrogen and oxygen atoms in total. The Labute approximate surface area is 184 Å². The number of furan rings is 1. The summed E-state index contributed by atoms with van der Waals surface area (Å²) in [6.07, 6.45) is 1.62. The molecule has 0 saturated carbocycles. The molecule has 0 aliphatic rings. The Morgan fingerprint density at radius 1 is 1.22 bits per heavy atom. The van der Waals surface area contributed by atoms with Gasteiger partial charge >= 0.3 is 0 Å². The molecular formula is C23H23N5O4. The van der Waals surface area contributed by atoms with E-state index in [-0.39, 0.29) is 11.7 Å². The zero-order valence-electron chi connectivity index (χ0n) is 18.5. The molecule has 3 heterocycles. The summed E-state index contributed by atoms with van der Waals surface area (Å²) < 4.78 is 7.42. The number of fused-ring (bicyclic) bond motifs is 1. The van der Waals surface area contributed by atoms with Crippen LogP contribution >= 0.6 is 0 Å². The summed E-state index contributed by atoms with van der Waals surface area (Å²) in [6.45, 7) is 9.28. The number of amides is 1. The van der Waals surface area contributed by atoms with Gasteiger partial charge in [0.05, 0.1) is 39.0 Å². The highest BCUT2D eigenvalue weighted by Gasteiger charge is 2.22. The number of rotatable bonds is 5. The fourth-order valence-electron chi connectivity index (χ4n) is 3.75. The van der Waals surface area contributed by atoms with Gasteiger partial charge in [0.25, 0.3) is 11.6 Å². The number of carbonyl (C=O) groups is 1. The molecule has 0 atom stereocenters. The highest BCUT2D eigenvalue weighted by Crippen LogP contribution is 2.31. The van der Waals surface area contributed by atoms with Crippen LogP contribution in [0.25, 0.3) is 22.3 Å². The van der Waals surface area contributed by atoms with Gasteiger partial charge in [-0.15, -0.1) is 0 Å². The Hall–Kier alpha value is -4.01. The van der Waals surface area contributed by atoms with Crippen molar-refractivity contribution in [3.8, 4) is 11.3 Å². The monoisotopic (exact) mass is 433 g/mol. The van der Waals surface area contributed by atoms with Gasteiger partial charge in [-0.05, 0) is 52.8 Å². The Morgan fingerprint density at radius 3 is 2.59 bits per heavy atom. The van der Waals surface area contributed by atoms with Crippen LogP contribution in [0.15, 0.2) is 40.9 Å². The average Bonchev–Trinajstić information content (AvgIpc) is 3.31. The van der Waals surface area contributed by atoms with E-state index in [2.05, 4.69) is 10.4 Å². The van der Waals surface area contributed by atoms with E-state index in [1.165, 1.54) is 6.07 Å². The van der Waals surface area contributed by atoms with Gasteiger partial charge in [0, 0.05) is 17.7 Å². The number of nitrogens with one attached hydrogen (secondary N) is 1. The Bertz CT molecular complexity index is 1370. The molecule has 0 aliphatic heterocycles. The number of anilines is 1. The first kappa shape index (κ1) is 21.2. The van der Waals surface area contributed by atoms with E-state index < -0.39 is 10.8 Å². The molecule has 0 aliphatic carbocycles. The van der Waals surface area contributed by atoms with Crippen molar-refractivity contribution >= 4 is 28.3 Å². The van der Waals surface area contributed by atoms with E-state index in [1.54, 1.807) is 36.0 Å². The first-order chi connectivity index (χ1) is 15.2. The van der Waals surface area contributed by atoms with E-state index in [0.717, 1.165) is 11.3 Å². The number of nitro benzene ring substituents is 1. The Balaban J connectivity index is 1.86. The number of pyridine rings is 1. The summed E-state index contributed by atoms with van der Waals surface area (Å²) in [4.78, 5) is 28.9. The Kier molecular flexibility index (Phi) is 5.25. The predicted molar refractivity (Wildman–Crippen MR) is 121 cm³/mol. The van der Waals surface area contributed by atoms with Crippen LogP contribution in [-0.4, -0.2) is 25.6 Å². The molecule has 1 amide bonds. The van der Waals surface area contributed by atoms with Gasteiger partial charge < -0.3 is 9.73 Å². The largest absolute Gasteiger partial charge is 0.466 e. The number of nitrogens with zero attached hydrogens (tertiary/aromatic N) is 4. The molecule has 1 aromatic carbocycles. The minimum Gasteiger partial charge on any atom is -0.466 e. The molecule has 0 bridgehead atoms. The summed E-state index contributed by atoms with van der Waals surface area (Å²) in [7, 11) is 0. The minimum atomic E-state index is -0.468. The van der Waals surface area contributed by atoms with Crippen LogP contribution < -0.4 is 5.32 Å². The molecule has 0 fully saturated rings. The fourth-order valence-corrected chi connectivity index (χ4v) is 3.75. The molecule has 4 aromatic rings. The van der Waals surface area contributed by atoms with Crippen molar-refractivity contribution in [2.75, 3.05) is 5.32 Å². The van der Waals surface area contributed by atoms with Crippen molar-refractivity contribution in [3.05, 3.63) is 69.3 Å². The first-order valence-electron chi connectivity index (χ1n) is 10.2. The van der Waals surface area contributed by atoms with E-state index in [4.69, 9.17) is 9.40 Å². The maximum atomic E-state index is 13.3. The SMILES string of the molecule is Cc1cc(-c2cc(C(=O)Nc3cccc([N+](=O)[O-])c3C)c3cnn(C(C)C)c3n2)c(C)o1. The van der Waals surface area contributed by atoms with Crippen LogP contribution in [0.3, 0.4) is 0 Å². The topological polar surface area (TPSA) is 116 Å². The number of hydrogen-bond acceptors (Lipinski definition) is 6. The van der Waals surface area contributed by atoms with Crippen LogP contribution in [0, 0.1) is 30.9 Å². The number of benzene rings is 1. The summed E-state index contributed by atoms with van der Waals surface area (Å²) in [6, 6.07) is 8.21. The third-order valence-electron chi connectivity index (χ3n) is 5.37. The second-order valence-electron chi connectivity index (χ2n) is 7.96. The zero-order chi connectivity index (χ0) is 23.2. The van der Waals surface area contributed by atoms with E-state index in [9.17, 15) is 14.9 Å². The smallest absolute Gasteiger partial charge is 0.274 e. The van der Waals surface area contributed by atoms with Crippen LogP contribution in [0.5, 0.6) is 0 Å². The van der Waals surface area contributed by atoms with Crippen molar-refractivity contribution in [1.82, 2.24) is 14.8 Å². The van der Waals surface area contributed by atoms with E-state index >= 15 is 0 Å². The minimum absolute atomic E-state index is 0.0392. The van der Waals surface area contributed by atoms with Gasteiger partial charge in [-0.25, -0.2) is 9.67 Å². The summed E-state index contributed by atoms with van der Waals surface area (Å²) in [5.74, 6) is 1.05. The fraction of sp³-hybridized carbons (Fsp3) is 0.261. The van der Waals surface area contributed by atoms with E-state index in [0.29, 0.717) is 39.3 Å². The molecular weight excluding hydrogens is 410 g/mol. The first-order valence-corrected chi connectivity index (χ1v) is 10.2.